The van der Waals surface area contributed by atoms with Gasteiger partial charge in [0.2, 0.25) is 0 Å². The fourth-order valence-electron chi connectivity index (χ4n) is 4.90. The van der Waals surface area contributed by atoms with Gasteiger partial charge in [-0.25, -0.2) is 15.0 Å². The number of aryl methyl sites for hydroxylation is 1. The number of hydrogen-bond acceptors (Lipinski definition) is 8. The molecule has 9 nitrogen and oxygen atoms in total. The second-order valence-corrected chi connectivity index (χ2v) is 10.9. The molecular weight excluding hydrogens is 548 g/mol. The Bertz CT molecular complexity index is 2150. The van der Waals surface area contributed by atoms with Crippen LogP contribution in [0, 0.1) is 6.92 Å². The van der Waals surface area contributed by atoms with Crippen LogP contribution in [0.4, 0.5) is 0 Å². The molecule has 3 aromatic carbocycles. The number of primary amides is 1. The Morgan fingerprint density at radius 3 is 2.52 bits per heavy atom. The zero-order chi connectivity index (χ0) is 28.8. The van der Waals surface area contributed by atoms with Crippen LogP contribution in [-0.2, 0) is 11.2 Å². The second-order valence-electron chi connectivity index (χ2n) is 9.84. The molecule has 10 heteroatoms. The highest BCUT2D eigenvalue weighted by molar-refractivity contribution is 7.20. The molecule has 0 aliphatic carbocycles. The number of aromatic nitrogens is 5. The Balaban J connectivity index is 1.18. The van der Waals surface area contributed by atoms with Crippen LogP contribution in [0.5, 0.6) is 5.75 Å². The number of pyridine rings is 1. The van der Waals surface area contributed by atoms with Crippen molar-refractivity contribution >= 4 is 50.1 Å². The van der Waals surface area contributed by atoms with Crippen molar-refractivity contribution < 1.29 is 14.3 Å². The second kappa shape index (κ2) is 10.2. The molecule has 0 fully saturated rings. The number of nitrogens with zero attached hydrogens (tertiary/aromatic N) is 5. The smallest absolute Gasteiger partial charge is 0.315 e. The van der Waals surface area contributed by atoms with Crippen LogP contribution >= 0.6 is 11.3 Å². The molecule has 2 N–H and O–H groups in total. The molecule has 0 radical (unpaired) electrons. The fraction of sp³-hybridized carbons (Fsp3) is 0.0625. The lowest BCUT2D eigenvalue weighted by Gasteiger charge is -2.12. The van der Waals surface area contributed by atoms with Gasteiger partial charge in [-0.2, -0.15) is 9.61 Å². The van der Waals surface area contributed by atoms with Gasteiger partial charge < -0.3 is 10.5 Å². The Kier molecular flexibility index (Phi) is 6.17. The standard InChI is InChI=1S/C32H22N6O3S/c1-18-13-27-34-17-22-15-24(20-5-3-2-4-6-20)29(36-31(22)38(27)37-18)21-9-7-19(8-10-21)14-28(39)41-23-11-12-26-25(16-23)35-32(42-26)30(33)40/h2-13,15-17H,14H2,1H3,(H2,33,40). The van der Waals surface area contributed by atoms with Gasteiger partial charge in [-0.3, -0.25) is 9.59 Å². The quantitative estimate of drug-likeness (QED) is 0.199. The predicted molar refractivity (Wildman–Crippen MR) is 161 cm³/mol. The average molecular weight is 571 g/mol. The molecule has 0 unspecified atom stereocenters. The average Bonchev–Trinajstić information content (AvgIpc) is 3.60. The lowest BCUT2D eigenvalue weighted by molar-refractivity contribution is -0.133. The monoisotopic (exact) mass is 570 g/mol. The number of carbonyl (C=O) groups excluding carboxylic acids is 2. The summed E-state index contributed by atoms with van der Waals surface area (Å²) in [6, 6.07) is 26.9. The molecule has 0 saturated carbocycles. The van der Waals surface area contributed by atoms with Crippen LogP contribution < -0.4 is 10.5 Å². The van der Waals surface area contributed by atoms with E-state index in [1.165, 1.54) is 11.3 Å². The zero-order valence-corrected chi connectivity index (χ0v) is 23.1. The number of carbonyl (C=O) groups is 2. The van der Waals surface area contributed by atoms with Crippen molar-refractivity contribution in [3.05, 3.63) is 107 Å². The first-order chi connectivity index (χ1) is 20.4. The van der Waals surface area contributed by atoms with E-state index < -0.39 is 11.9 Å². The summed E-state index contributed by atoms with van der Waals surface area (Å²) in [6.45, 7) is 1.93. The molecule has 0 atom stereocenters. The number of esters is 1. The molecule has 0 aliphatic rings. The summed E-state index contributed by atoms with van der Waals surface area (Å²) in [4.78, 5) is 38.0. The number of benzene rings is 3. The van der Waals surface area contributed by atoms with E-state index in [1.54, 1.807) is 22.7 Å². The van der Waals surface area contributed by atoms with E-state index >= 15 is 0 Å². The maximum Gasteiger partial charge on any atom is 0.315 e. The lowest BCUT2D eigenvalue weighted by Crippen LogP contribution is -2.11. The summed E-state index contributed by atoms with van der Waals surface area (Å²) < 4.78 is 8.12. The summed E-state index contributed by atoms with van der Waals surface area (Å²) in [5.41, 5.74) is 12.7. The van der Waals surface area contributed by atoms with Crippen molar-refractivity contribution in [2.45, 2.75) is 13.3 Å². The van der Waals surface area contributed by atoms with Crippen molar-refractivity contribution in [1.29, 1.82) is 0 Å². The number of ether oxygens (including phenoxy) is 1. The third-order valence-electron chi connectivity index (χ3n) is 6.84. The molecule has 0 aliphatic heterocycles. The van der Waals surface area contributed by atoms with Crippen molar-refractivity contribution in [3.8, 4) is 28.1 Å². The number of nitrogens with two attached hydrogens (primary N) is 1. The van der Waals surface area contributed by atoms with Gasteiger partial charge in [0.25, 0.3) is 5.91 Å². The largest absolute Gasteiger partial charge is 0.426 e. The minimum Gasteiger partial charge on any atom is -0.426 e. The Hall–Kier alpha value is -5.48. The van der Waals surface area contributed by atoms with Crippen LogP contribution in [0.2, 0.25) is 0 Å². The van der Waals surface area contributed by atoms with Crippen molar-refractivity contribution in [3.63, 3.8) is 0 Å². The topological polar surface area (TPSA) is 125 Å². The summed E-state index contributed by atoms with van der Waals surface area (Å²) in [7, 11) is 0. The minimum atomic E-state index is -0.588. The predicted octanol–water partition coefficient (Wildman–Crippen LogP) is 5.78. The van der Waals surface area contributed by atoms with E-state index in [0.717, 1.165) is 55.0 Å². The number of fused-ring (bicyclic) bond motifs is 4. The molecule has 204 valence electrons. The molecule has 1 amide bonds. The highest BCUT2D eigenvalue weighted by Crippen LogP contribution is 2.34. The van der Waals surface area contributed by atoms with Gasteiger partial charge in [0.05, 0.1) is 28.0 Å². The van der Waals surface area contributed by atoms with E-state index in [2.05, 4.69) is 33.3 Å². The molecule has 4 heterocycles. The van der Waals surface area contributed by atoms with Gasteiger partial charge in [-0.1, -0.05) is 54.6 Å². The molecule has 0 saturated heterocycles. The van der Waals surface area contributed by atoms with Gasteiger partial charge in [0.15, 0.2) is 16.3 Å². The van der Waals surface area contributed by atoms with Gasteiger partial charge in [0, 0.05) is 34.8 Å². The van der Waals surface area contributed by atoms with E-state index in [9.17, 15) is 9.59 Å². The van der Waals surface area contributed by atoms with Crippen LogP contribution in [0.25, 0.3) is 49.3 Å². The Labute approximate surface area is 243 Å². The van der Waals surface area contributed by atoms with E-state index in [4.69, 9.17) is 15.5 Å². The molecule has 0 bridgehead atoms. The lowest BCUT2D eigenvalue weighted by atomic mass is 9.97. The van der Waals surface area contributed by atoms with E-state index in [-0.39, 0.29) is 11.4 Å². The van der Waals surface area contributed by atoms with Gasteiger partial charge in [-0.05, 0) is 36.2 Å². The van der Waals surface area contributed by atoms with Gasteiger partial charge in [0.1, 0.15) is 5.75 Å². The molecular formula is C32H22N6O3S. The summed E-state index contributed by atoms with van der Waals surface area (Å²) in [5, 5.41) is 5.70. The van der Waals surface area contributed by atoms with Gasteiger partial charge >= 0.3 is 5.97 Å². The highest BCUT2D eigenvalue weighted by atomic mass is 32.1. The molecule has 4 aromatic heterocycles. The Morgan fingerprint density at radius 2 is 1.74 bits per heavy atom. The fourth-order valence-corrected chi connectivity index (χ4v) is 5.70. The molecule has 7 rings (SSSR count). The molecule has 7 aromatic rings. The third kappa shape index (κ3) is 4.73. The first-order valence-corrected chi connectivity index (χ1v) is 13.9. The number of rotatable bonds is 6. The van der Waals surface area contributed by atoms with E-state index in [1.807, 2.05) is 61.7 Å². The first-order valence-electron chi connectivity index (χ1n) is 13.1. The zero-order valence-electron chi connectivity index (χ0n) is 22.3. The van der Waals surface area contributed by atoms with Gasteiger partial charge in [-0.15, -0.1) is 11.3 Å². The van der Waals surface area contributed by atoms with Crippen LogP contribution in [0.15, 0.2) is 91.1 Å². The minimum absolute atomic E-state index is 0.0808. The number of hydrogen-bond donors (Lipinski definition) is 1. The first kappa shape index (κ1) is 25.5. The summed E-state index contributed by atoms with van der Waals surface area (Å²) >= 11 is 1.20. The van der Waals surface area contributed by atoms with Crippen LogP contribution in [0.1, 0.15) is 21.1 Å². The third-order valence-corrected chi connectivity index (χ3v) is 7.89. The SMILES string of the molecule is Cc1cc2ncc3cc(-c4ccccc4)c(-c4ccc(CC(=O)Oc5ccc6sc(C(N)=O)nc6c5)cc4)nc3n2n1. The van der Waals surface area contributed by atoms with E-state index in [0.29, 0.717) is 11.3 Å². The summed E-state index contributed by atoms with van der Waals surface area (Å²) in [6.07, 6.45) is 1.91. The highest BCUT2D eigenvalue weighted by Gasteiger charge is 2.16. The van der Waals surface area contributed by atoms with Crippen LogP contribution in [-0.4, -0.2) is 36.4 Å². The summed E-state index contributed by atoms with van der Waals surface area (Å²) in [5.74, 6) is -0.645. The van der Waals surface area contributed by atoms with Crippen molar-refractivity contribution in [2.75, 3.05) is 0 Å². The maximum atomic E-state index is 12.8. The molecule has 42 heavy (non-hydrogen) atoms. The molecule has 0 spiro atoms. The number of thiazole rings is 1. The normalized spacial score (nSPS) is 11.4. The Morgan fingerprint density at radius 1 is 0.929 bits per heavy atom. The van der Waals surface area contributed by atoms with Crippen molar-refractivity contribution in [1.82, 2.24) is 24.6 Å². The van der Waals surface area contributed by atoms with Crippen molar-refractivity contribution in [2.24, 2.45) is 5.73 Å². The van der Waals surface area contributed by atoms with Crippen LogP contribution in [0.3, 0.4) is 0 Å². The maximum absolute atomic E-state index is 12.8. The number of amides is 1.